The van der Waals surface area contributed by atoms with Crippen molar-refractivity contribution in [2.45, 2.75) is 32.5 Å². The van der Waals surface area contributed by atoms with Gasteiger partial charge in [0, 0.05) is 33.2 Å². The number of hydrogen-bond donors (Lipinski definition) is 1. The third-order valence-electron chi connectivity index (χ3n) is 5.18. The van der Waals surface area contributed by atoms with Gasteiger partial charge in [-0.05, 0) is 43.1 Å². The Morgan fingerprint density at radius 1 is 1.28 bits per heavy atom. The van der Waals surface area contributed by atoms with Gasteiger partial charge >= 0.3 is 0 Å². The number of nitrogens with zero attached hydrogens (tertiary/aromatic N) is 3. The summed E-state index contributed by atoms with van der Waals surface area (Å²) in [5.74, 6) is -0.213. The number of fused-ring (bicyclic) bond motifs is 1. The monoisotopic (exact) mass is 344 g/mol. The topological polar surface area (TPSA) is 69.9 Å². The van der Waals surface area contributed by atoms with Crippen molar-refractivity contribution in [1.82, 2.24) is 14.7 Å². The lowest BCUT2D eigenvalue weighted by molar-refractivity contribution is -0.137. The van der Waals surface area contributed by atoms with Crippen LogP contribution in [0.25, 0.3) is 0 Å². The fourth-order valence-corrected chi connectivity index (χ4v) is 4.00. The highest BCUT2D eigenvalue weighted by molar-refractivity contribution is 5.79. The summed E-state index contributed by atoms with van der Waals surface area (Å²) < 4.78 is 0. The highest BCUT2D eigenvalue weighted by Gasteiger charge is 2.28. The lowest BCUT2D eigenvalue weighted by atomic mass is 9.96. The van der Waals surface area contributed by atoms with Gasteiger partial charge in [0.05, 0.1) is 12.5 Å². The van der Waals surface area contributed by atoms with E-state index >= 15 is 0 Å². The smallest absolute Gasteiger partial charge is 0.231 e. The van der Waals surface area contributed by atoms with Crippen LogP contribution in [0.2, 0.25) is 0 Å². The van der Waals surface area contributed by atoms with Crippen molar-refractivity contribution < 1.29 is 9.59 Å². The van der Waals surface area contributed by atoms with Gasteiger partial charge in [0.15, 0.2) is 0 Å². The standard InChI is InChI=1S/C19H28N4O2/c1-21-10-15-6-5-14(8-17(15)11-21)9-22(2)19(25)16-4-3-7-23(12-16)13-18(20)24/h5-6,8,16H,3-4,7,9-13H2,1-2H3,(H2,20,24)/t16-/m0/s1. The maximum absolute atomic E-state index is 12.8. The Balaban J connectivity index is 1.59. The number of likely N-dealkylation sites (tertiary alicyclic amines) is 1. The molecular formula is C19H28N4O2. The van der Waals surface area contributed by atoms with Crippen LogP contribution in [0, 0.1) is 5.92 Å². The Hall–Kier alpha value is -1.92. The van der Waals surface area contributed by atoms with Crippen molar-refractivity contribution in [3.63, 3.8) is 0 Å². The highest BCUT2D eigenvalue weighted by atomic mass is 16.2. The van der Waals surface area contributed by atoms with Crippen molar-refractivity contribution >= 4 is 11.8 Å². The van der Waals surface area contributed by atoms with Gasteiger partial charge in [0.1, 0.15) is 0 Å². The highest BCUT2D eigenvalue weighted by Crippen LogP contribution is 2.24. The van der Waals surface area contributed by atoms with Crippen LogP contribution >= 0.6 is 0 Å². The van der Waals surface area contributed by atoms with Crippen LogP contribution in [0.1, 0.15) is 29.5 Å². The first-order valence-corrected chi connectivity index (χ1v) is 8.97. The van der Waals surface area contributed by atoms with Gasteiger partial charge in [-0.25, -0.2) is 0 Å². The fraction of sp³-hybridized carbons (Fsp3) is 0.579. The first kappa shape index (κ1) is 17.9. The molecule has 0 bridgehead atoms. The van der Waals surface area contributed by atoms with Gasteiger partial charge in [-0.1, -0.05) is 18.2 Å². The zero-order valence-corrected chi connectivity index (χ0v) is 15.2. The fourth-order valence-electron chi connectivity index (χ4n) is 4.00. The first-order chi connectivity index (χ1) is 11.9. The summed E-state index contributed by atoms with van der Waals surface area (Å²) in [6, 6.07) is 6.53. The Kier molecular flexibility index (Phi) is 5.39. The van der Waals surface area contributed by atoms with Gasteiger partial charge in [0.2, 0.25) is 11.8 Å². The van der Waals surface area contributed by atoms with Crippen molar-refractivity contribution in [3.8, 4) is 0 Å². The zero-order chi connectivity index (χ0) is 18.0. The number of hydrogen-bond acceptors (Lipinski definition) is 4. The van der Waals surface area contributed by atoms with Gasteiger partial charge < -0.3 is 10.6 Å². The van der Waals surface area contributed by atoms with Crippen LogP contribution < -0.4 is 5.73 Å². The molecule has 1 aromatic rings. The number of amides is 2. The molecule has 25 heavy (non-hydrogen) atoms. The first-order valence-electron chi connectivity index (χ1n) is 8.97. The van der Waals surface area contributed by atoms with Gasteiger partial charge in [-0.15, -0.1) is 0 Å². The van der Waals surface area contributed by atoms with Crippen LogP contribution in [0.15, 0.2) is 18.2 Å². The SMILES string of the molecule is CN1Cc2ccc(CN(C)C(=O)[C@H]3CCCN(CC(N)=O)C3)cc2C1. The van der Waals surface area contributed by atoms with Crippen molar-refractivity contribution in [1.29, 1.82) is 0 Å². The number of carbonyl (C=O) groups is 2. The van der Waals surface area contributed by atoms with E-state index in [1.54, 1.807) is 0 Å². The number of benzene rings is 1. The van der Waals surface area contributed by atoms with Crippen LogP contribution in [-0.4, -0.2) is 60.2 Å². The Morgan fingerprint density at radius 2 is 2.04 bits per heavy atom. The van der Waals surface area contributed by atoms with Crippen LogP contribution in [-0.2, 0) is 29.2 Å². The largest absolute Gasteiger partial charge is 0.369 e. The van der Waals surface area contributed by atoms with E-state index in [0.29, 0.717) is 13.1 Å². The van der Waals surface area contributed by atoms with E-state index < -0.39 is 0 Å². The van der Waals surface area contributed by atoms with Crippen molar-refractivity contribution in [3.05, 3.63) is 34.9 Å². The normalized spacial score (nSPS) is 21.1. The summed E-state index contributed by atoms with van der Waals surface area (Å²) in [5, 5.41) is 0. The number of nitrogens with two attached hydrogens (primary N) is 1. The van der Waals surface area contributed by atoms with Gasteiger partial charge in [-0.3, -0.25) is 19.4 Å². The molecule has 136 valence electrons. The summed E-state index contributed by atoms with van der Waals surface area (Å²) in [7, 11) is 3.99. The van der Waals surface area contributed by atoms with Gasteiger partial charge in [0.25, 0.3) is 0 Å². The molecular weight excluding hydrogens is 316 g/mol. The Morgan fingerprint density at radius 3 is 2.80 bits per heavy atom. The third kappa shape index (κ3) is 4.38. The average Bonchev–Trinajstić information content (AvgIpc) is 2.93. The predicted octanol–water partition coefficient (Wildman–Crippen LogP) is 0.788. The minimum absolute atomic E-state index is 0.0429. The lowest BCUT2D eigenvalue weighted by Gasteiger charge is -2.33. The molecule has 6 nitrogen and oxygen atoms in total. The second kappa shape index (κ2) is 7.54. The molecule has 0 aliphatic carbocycles. The molecule has 1 saturated heterocycles. The molecule has 3 rings (SSSR count). The van der Waals surface area contributed by atoms with Gasteiger partial charge in [-0.2, -0.15) is 0 Å². The van der Waals surface area contributed by atoms with E-state index in [1.807, 2.05) is 16.8 Å². The molecule has 0 aromatic heterocycles. The molecule has 2 N–H and O–H groups in total. The molecule has 0 saturated carbocycles. The predicted molar refractivity (Wildman–Crippen MR) is 96.4 cm³/mol. The second-order valence-corrected chi connectivity index (χ2v) is 7.51. The quantitative estimate of drug-likeness (QED) is 0.857. The molecule has 6 heteroatoms. The van der Waals surface area contributed by atoms with Crippen LogP contribution in [0.3, 0.4) is 0 Å². The summed E-state index contributed by atoms with van der Waals surface area (Å²) in [5.41, 5.74) is 9.21. The number of primary amides is 1. The molecule has 1 atom stereocenters. The molecule has 2 aliphatic rings. The second-order valence-electron chi connectivity index (χ2n) is 7.51. The van der Waals surface area contributed by atoms with Crippen LogP contribution in [0.4, 0.5) is 0 Å². The maximum Gasteiger partial charge on any atom is 0.231 e. The van der Waals surface area contributed by atoms with E-state index in [-0.39, 0.29) is 24.3 Å². The third-order valence-corrected chi connectivity index (χ3v) is 5.18. The minimum atomic E-state index is -0.329. The molecule has 2 heterocycles. The van der Waals surface area contributed by atoms with Crippen molar-refractivity contribution in [2.75, 3.05) is 33.7 Å². The number of carbonyl (C=O) groups excluding carboxylic acids is 2. The maximum atomic E-state index is 12.8. The zero-order valence-electron chi connectivity index (χ0n) is 15.2. The molecule has 2 aliphatic heterocycles. The average molecular weight is 344 g/mol. The summed E-state index contributed by atoms with van der Waals surface area (Å²) >= 11 is 0. The van der Waals surface area contributed by atoms with Crippen LogP contribution in [0.5, 0.6) is 0 Å². The van der Waals surface area contributed by atoms with E-state index in [9.17, 15) is 9.59 Å². The molecule has 0 radical (unpaired) electrons. The van der Waals surface area contributed by atoms with E-state index in [4.69, 9.17) is 5.73 Å². The number of rotatable bonds is 5. The summed E-state index contributed by atoms with van der Waals surface area (Å²) in [6.45, 7) is 4.32. The lowest BCUT2D eigenvalue weighted by Crippen LogP contribution is -2.46. The number of piperidine rings is 1. The summed E-state index contributed by atoms with van der Waals surface area (Å²) in [4.78, 5) is 30.0. The molecule has 1 aromatic carbocycles. The Bertz CT molecular complexity index is 661. The Labute approximate surface area is 149 Å². The minimum Gasteiger partial charge on any atom is -0.369 e. The van der Waals surface area contributed by atoms with E-state index in [0.717, 1.165) is 32.5 Å². The molecule has 0 unspecified atom stereocenters. The van der Waals surface area contributed by atoms with Crippen molar-refractivity contribution in [2.24, 2.45) is 11.7 Å². The van der Waals surface area contributed by atoms with E-state index in [1.165, 1.54) is 16.7 Å². The summed E-state index contributed by atoms with van der Waals surface area (Å²) in [6.07, 6.45) is 1.82. The molecule has 2 amide bonds. The molecule has 0 spiro atoms. The van der Waals surface area contributed by atoms with E-state index in [2.05, 4.69) is 30.1 Å². The molecule has 1 fully saturated rings.